The van der Waals surface area contributed by atoms with E-state index in [2.05, 4.69) is 159 Å². The van der Waals surface area contributed by atoms with E-state index in [1.807, 2.05) is 0 Å². The van der Waals surface area contributed by atoms with Crippen LogP contribution in [0.2, 0.25) is 13.1 Å². The maximum absolute atomic E-state index is 2.57. The summed E-state index contributed by atoms with van der Waals surface area (Å²) in [6.07, 6.45) is 0. The van der Waals surface area contributed by atoms with Gasteiger partial charge in [0, 0.05) is 8.07 Å². The third-order valence-corrected chi connectivity index (χ3v) is 12.6. The Labute approximate surface area is 281 Å². The Bertz CT molecular complexity index is 2070. The number of hydrogen-bond donors (Lipinski definition) is 0. The zero-order valence-corrected chi connectivity index (χ0v) is 29.3. The third kappa shape index (κ3) is 4.86. The van der Waals surface area contributed by atoms with Gasteiger partial charge in [-0.1, -0.05) is 146 Å². The molecule has 0 heterocycles. The Morgan fingerprint density at radius 1 is 0.409 bits per heavy atom. The molecular weight excluding hydrogens is 624 g/mol. The van der Waals surface area contributed by atoms with Crippen molar-refractivity contribution in [1.29, 1.82) is 0 Å². The Kier molecular flexibility index (Phi) is 8.81. The van der Waals surface area contributed by atoms with Crippen molar-refractivity contribution in [1.82, 2.24) is 0 Å². The van der Waals surface area contributed by atoms with Crippen molar-refractivity contribution in [2.45, 2.75) is 13.1 Å². The molecule has 0 nitrogen and oxygen atoms in total. The standard InChI is InChI=1S/C40H30Si.2CH3.Zr/c1-41(2,39-33-21-9-5-15-29(33)25-37(39)35-23-11-17-27-13-3-7-19-31(27)35)40-34-22-10-6-16-30(34)26-38(40)36-24-12-18-28-14-4-8-20-32(28)36;;;/h3-26H,1-2H3;2*1H3;/q-2;2*-1;+4. The quantitative estimate of drug-likeness (QED) is 0.130. The van der Waals surface area contributed by atoms with Crippen molar-refractivity contribution in [2.24, 2.45) is 0 Å². The maximum Gasteiger partial charge on any atom is 4.00 e. The minimum Gasteiger partial charge on any atom is -0.358 e. The molecule has 0 radical (unpaired) electrons. The first-order chi connectivity index (χ1) is 20.1. The molecule has 0 saturated heterocycles. The van der Waals surface area contributed by atoms with E-state index in [4.69, 9.17) is 0 Å². The molecule has 0 aromatic heterocycles. The Morgan fingerprint density at radius 3 is 1.18 bits per heavy atom. The Hall–Kier alpha value is -3.84. The monoisotopic (exact) mass is 658 g/mol. The molecule has 0 aliphatic heterocycles. The second-order valence-corrected chi connectivity index (χ2v) is 16.0. The SMILES string of the molecule is C[Si](C)(c1c(-c2cccc3ccccc23)[cH-]c2ccccc12)c1c(-c2cccc3ccccc23)[cH-]c2ccccc12.[CH3-].[CH3-].[Zr+4]. The van der Waals surface area contributed by atoms with E-state index in [1.54, 1.807) is 0 Å². The van der Waals surface area contributed by atoms with Gasteiger partial charge in [-0.2, -0.15) is 0 Å². The first-order valence-corrected chi connectivity index (χ1v) is 17.5. The first-order valence-electron chi connectivity index (χ1n) is 14.5. The fourth-order valence-corrected chi connectivity index (χ4v) is 11.1. The van der Waals surface area contributed by atoms with E-state index >= 15 is 0 Å². The van der Waals surface area contributed by atoms with Crippen molar-refractivity contribution < 1.29 is 26.2 Å². The molecule has 0 spiro atoms. The first kappa shape index (κ1) is 31.6. The zero-order chi connectivity index (χ0) is 27.6. The van der Waals surface area contributed by atoms with Crippen LogP contribution >= 0.6 is 0 Å². The van der Waals surface area contributed by atoms with E-state index in [-0.39, 0.29) is 41.1 Å². The molecule has 8 aromatic carbocycles. The predicted molar refractivity (Wildman–Crippen MR) is 195 cm³/mol. The van der Waals surface area contributed by atoms with Gasteiger partial charge in [-0.05, 0) is 21.5 Å². The van der Waals surface area contributed by atoms with Gasteiger partial charge in [-0.15, -0.1) is 67.3 Å². The fourth-order valence-electron chi connectivity index (χ4n) is 7.26. The molecule has 8 rings (SSSR count). The molecule has 8 aromatic rings. The van der Waals surface area contributed by atoms with E-state index in [9.17, 15) is 0 Å². The van der Waals surface area contributed by atoms with Crippen LogP contribution in [0.4, 0.5) is 0 Å². The van der Waals surface area contributed by atoms with E-state index in [1.165, 1.54) is 75.7 Å². The van der Waals surface area contributed by atoms with Crippen LogP contribution in [0.3, 0.4) is 0 Å². The van der Waals surface area contributed by atoms with Crippen molar-refractivity contribution >= 4 is 61.5 Å². The summed E-state index contributed by atoms with van der Waals surface area (Å²) in [7, 11) is -2.31. The molecule has 2 heteroatoms. The Balaban J connectivity index is 0.00000128. The van der Waals surface area contributed by atoms with Crippen molar-refractivity contribution in [2.75, 3.05) is 0 Å². The zero-order valence-electron chi connectivity index (χ0n) is 25.9. The van der Waals surface area contributed by atoms with Gasteiger partial charge in [0.1, 0.15) is 0 Å². The summed E-state index contributed by atoms with van der Waals surface area (Å²) in [5, 5.41) is 13.7. The van der Waals surface area contributed by atoms with Crippen LogP contribution in [0.5, 0.6) is 0 Å². The van der Waals surface area contributed by atoms with Crippen LogP contribution in [0.15, 0.2) is 146 Å². The summed E-state index contributed by atoms with van der Waals surface area (Å²) >= 11 is 0. The van der Waals surface area contributed by atoms with Gasteiger partial charge in [0.2, 0.25) is 0 Å². The molecule has 0 bridgehead atoms. The van der Waals surface area contributed by atoms with Crippen LogP contribution < -0.4 is 10.4 Å². The second kappa shape index (κ2) is 12.3. The minimum atomic E-state index is -2.31. The average molecular weight is 660 g/mol. The van der Waals surface area contributed by atoms with E-state index in [0.29, 0.717) is 0 Å². The van der Waals surface area contributed by atoms with Gasteiger partial charge in [0.05, 0.1) is 0 Å². The molecular formula is C42H36SiZr. The molecule has 0 aliphatic rings. The number of hydrogen-bond acceptors (Lipinski definition) is 0. The number of benzene rings is 6. The second-order valence-electron chi connectivity index (χ2n) is 11.7. The minimum absolute atomic E-state index is 0. The molecule has 0 atom stereocenters. The molecule has 0 N–H and O–H groups in total. The fraction of sp³-hybridized carbons (Fsp3) is 0.0476. The largest absolute Gasteiger partial charge is 4.00 e. The summed E-state index contributed by atoms with van der Waals surface area (Å²) in [6, 6.07) is 54.1. The summed E-state index contributed by atoms with van der Waals surface area (Å²) in [5.74, 6) is 0. The van der Waals surface area contributed by atoms with Crippen LogP contribution in [-0.2, 0) is 26.2 Å². The molecule has 0 aliphatic carbocycles. The predicted octanol–water partition coefficient (Wildman–Crippen LogP) is 10.8. The summed E-state index contributed by atoms with van der Waals surface area (Å²) in [5.41, 5.74) is 5.43. The smallest absolute Gasteiger partial charge is 0.358 e. The molecule has 212 valence electrons. The Morgan fingerprint density at radius 2 is 0.750 bits per heavy atom. The topological polar surface area (TPSA) is 0 Å². The third-order valence-electron chi connectivity index (χ3n) is 9.01. The summed E-state index contributed by atoms with van der Waals surface area (Å²) < 4.78 is 0. The van der Waals surface area contributed by atoms with Gasteiger partial charge in [-0.3, -0.25) is 0 Å². The van der Waals surface area contributed by atoms with E-state index in [0.717, 1.165) is 0 Å². The van der Waals surface area contributed by atoms with Gasteiger partial charge in [0.25, 0.3) is 0 Å². The van der Waals surface area contributed by atoms with Gasteiger partial charge < -0.3 is 14.9 Å². The summed E-state index contributed by atoms with van der Waals surface area (Å²) in [6.45, 7) is 5.14. The number of fused-ring (bicyclic) bond motifs is 4. The molecule has 0 unspecified atom stereocenters. The van der Waals surface area contributed by atoms with Crippen molar-refractivity contribution in [3.8, 4) is 22.3 Å². The van der Waals surface area contributed by atoms with Gasteiger partial charge in [-0.25, -0.2) is 0 Å². The van der Waals surface area contributed by atoms with Gasteiger partial charge >= 0.3 is 26.2 Å². The summed E-state index contributed by atoms with van der Waals surface area (Å²) in [4.78, 5) is 0. The van der Waals surface area contributed by atoms with Crippen LogP contribution in [0.1, 0.15) is 0 Å². The van der Waals surface area contributed by atoms with Crippen molar-refractivity contribution in [3.63, 3.8) is 0 Å². The molecule has 0 saturated carbocycles. The van der Waals surface area contributed by atoms with Crippen LogP contribution in [-0.4, -0.2) is 8.07 Å². The van der Waals surface area contributed by atoms with E-state index < -0.39 is 8.07 Å². The average Bonchev–Trinajstić information content (AvgIpc) is 3.60. The van der Waals surface area contributed by atoms with Crippen molar-refractivity contribution in [3.05, 3.63) is 160 Å². The normalized spacial score (nSPS) is 11.3. The van der Waals surface area contributed by atoms with Crippen LogP contribution in [0.25, 0.3) is 65.3 Å². The molecule has 0 fully saturated rings. The molecule has 0 amide bonds. The molecule has 44 heavy (non-hydrogen) atoms. The van der Waals surface area contributed by atoms with Gasteiger partial charge in [0.15, 0.2) is 0 Å². The number of rotatable bonds is 4. The van der Waals surface area contributed by atoms with Crippen LogP contribution in [0, 0.1) is 14.9 Å². The maximum atomic E-state index is 2.57.